The van der Waals surface area contributed by atoms with Crippen molar-refractivity contribution in [2.24, 2.45) is 10.9 Å². The van der Waals surface area contributed by atoms with Gasteiger partial charge in [-0.25, -0.2) is 9.98 Å². The summed E-state index contributed by atoms with van der Waals surface area (Å²) in [7, 11) is 1.62. The van der Waals surface area contributed by atoms with E-state index < -0.39 is 5.92 Å². The predicted octanol–water partition coefficient (Wildman–Crippen LogP) is 1.77. The summed E-state index contributed by atoms with van der Waals surface area (Å²) in [5.41, 5.74) is 1.65. The maximum absolute atomic E-state index is 12.1. The number of carbonyl (C=O) groups excluding carboxylic acids is 3. The zero-order valence-corrected chi connectivity index (χ0v) is 16.6. The van der Waals surface area contributed by atoms with Gasteiger partial charge in [0, 0.05) is 24.2 Å². The summed E-state index contributed by atoms with van der Waals surface area (Å²) in [4.78, 5) is 43.1. The maximum atomic E-state index is 12.1. The summed E-state index contributed by atoms with van der Waals surface area (Å²) in [5.74, 6) is -0.687. The van der Waals surface area contributed by atoms with Crippen molar-refractivity contribution in [3.63, 3.8) is 0 Å². The van der Waals surface area contributed by atoms with Crippen molar-refractivity contribution < 1.29 is 19.1 Å². The number of benzene rings is 1. The number of anilines is 1. The molecule has 2 aromatic rings. The van der Waals surface area contributed by atoms with Crippen LogP contribution in [0.3, 0.4) is 0 Å². The molecule has 9 heteroatoms. The van der Waals surface area contributed by atoms with Gasteiger partial charge in [-0.1, -0.05) is 18.2 Å². The number of dihydropyridines is 1. The van der Waals surface area contributed by atoms with E-state index in [0.717, 1.165) is 11.3 Å². The summed E-state index contributed by atoms with van der Waals surface area (Å²) in [6.07, 6.45) is 4.86. The number of aliphatic imine (C=N–C) groups is 1. The van der Waals surface area contributed by atoms with Crippen LogP contribution in [0.15, 0.2) is 46.8 Å². The van der Waals surface area contributed by atoms with Crippen LogP contribution in [0.4, 0.5) is 5.13 Å². The first kappa shape index (κ1) is 20.4. The van der Waals surface area contributed by atoms with E-state index in [1.165, 1.54) is 29.7 Å². The molecule has 1 unspecified atom stereocenters. The summed E-state index contributed by atoms with van der Waals surface area (Å²) in [6.45, 7) is 0.506. The highest BCUT2D eigenvalue weighted by Gasteiger charge is 2.18. The number of methoxy groups -OCH3 is 1. The third kappa shape index (κ3) is 6.08. The van der Waals surface area contributed by atoms with Gasteiger partial charge in [0.05, 0.1) is 25.1 Å². The first-order valence-electron chi connectivity index (χ1n) is 8.95. The van der Waals surface area contributed by atoms with Gasteiger partial charge >= 0.3 is 0 Å². The van der Waals surface area contributed by atoms with Crippen molar-refractivity contribution in [2.45, 2.75) is 12.8 Å². The Morgan fingerprint density at radius 1 is 1.31 bits per heavy atom. The monoisotopic (exact) mass is 412 g/mol. The molecule has 2 heterocycles. The van der Waals surface area contributed by atoms with Gasteiger partial charge in [-0.3, -0.25) is 14.4 Å². The highest BCUT2D eigenvalue weighted by Crippen LogP contribution is 2.17. The molecule has 1 aromatic heterocycles. The average molecular weight is 412 g/mol. The largest absolute Gasteiger partial charge is 0.497 e. The second kappa shape index (κ2) is 9.74. The summed E-state index contributed by atoms with van der Waals surface area (Å²) in [6, 6.07) is 7.70. The molecule has 1 aromatic carbocycles. The van der Waals surface area contributed by atoms with Gasteiger partial charge in [-0.05, 0) is 24.1 Å². The van der Waals surface area contributed by atoms with Crippen LogP contribution in [-0.4, -0.2) is 42.6 Å². The van der Waals surface area contributed by atoms with Crippen LogP contribution in [0.25, 0.3) is 0 Å². The van der Waals surface area contributed by atoms with Crippen molar-refractivity contribution in [3.8, 4) is 5.75 Å². The summed E-state index contributed by atoms with van der Waals surface area (Å²) >= 11 is 1.24. The van der Waals surface area contributed by atoms with E-state index in [-0.39, 0.29) is 24.1 Å². The lowest BCUT2D eigenvalue weighted by Crippen LogP contribution is -2.27. The van der Waals surface area contributed by atoms with Gasteiger partial charge in [0.15, 0.2) is 5.13 Å². The smallest absolute Gasteiger partial charge is 0.269 e. The Kier molecular flexibility index (Phi) is 6.85. The predicted molar refractivity (Wildman–Crippen MR) is 110 cm³/mol. The number of hydrogen-bond donors (Lipinski definition) is 2. The molecule has 8 nitrogen and oxygen atoms in total. The molecule has 0 saturated heterocycles. The standard InChI is InChI=1S/C20H20N4O4S/c1-28-16-4-2-3-13(9-16)7-8-21-18(26)10-15-12-29-20(23-15)24-19(27)14-5-6-17(25)22-11-14/h2-6,9,11-12,14H,7-8,10H2,1H3,(H,21,26)(H,23,24,27). The first-order chi connectivity index (χ1) is 14.0. The van der Waals surface area contributed by atoms with Crippen LogP contribution in [0.5, 0.6) is 5.75 Å². The Balaban J connectivity index is 1.43. The second-order valence-electron chi connectivity index (χ2n) is 6.26. The van der Waals surface area contributed by atoms with Crippen molar-refractivity contribution in [3.05, 3.63) is 53.1 Å². The normalized spacial score (nSPS) is 15.2. The maximum Gasteiger partial charge on any atom is 0.269 e. The van der Waals surface area contributed by atoms with Crippen molar-refractivity contribution in [1.82, 2.24) is 10.3 Å². The number of amides is 3. The Morgan fingerprint density at radius 3 is 2.93 bits per heavy atom. The lowest BCUT2D eigenvalue weighted by Gasteiger charge is -2.08. The molecule has 3 rings (SSSR count). The van der Waals surface area contributed by atoms with Gasteiger partial charge in [-0.15, -0.1) is 11.3 Å². The van der Waals surface area contributed by atoms with Crippen molar-refractivity contribution >= 4 is 40.4 Å². The topological polar surface area (TPSA) is 110 Å². The molecule has 0 fully saturated rings. The molecule has 2 N–H and O–H groups in total. The van der Waals surface area contributed by atoms with Gasteiger partial charge in [0.2, 0.25) is 11.8 Å². The Morgan fingerprint density at radius 2 is 2.17 bits per heavy atom. The SMILES string of the molecule is COc1cccc(CCNC(=O)Cc2csc(NC(=O)C3C=CC(=O)N=C3)n2)c1. The molecule has 0 saturated carbocycles. The first-order valence-corrected chi connectivity index (χ1v) is 9.82. The number of carbonyl (C=O) groups is 3. The lowest BCUT2D eigenvalue weighted by atomic mass is 10.1. The fraction of sp³-hybridized carbons (Fsp3) is 0.250. The molecule has 29 heavy (non-hydrogen) atoms. The quantitative estimate of drug-likeness (QED) is 0.687. The zero-order valence-electron chi connectivity index (χ0n) is 15.8. The van der Waals surface area contributed by atoms with Crippen molar-refractivity contribution in [1.29, 1.82) is 0 Å². The molecule has 0 radical (unpaired) electrons. The highest BCUT2D eigenvalue weighted by atomic mass is 32.1. The van der Waals surface area contributed by atoms with Crippen molar-refractivity contribution in [2.75, 3.05) is 19.0 Å². The number of rotatable bonds is 8. The molecule has 0 bridgehead atoms. The molecule has 0 spiro atoms. The van der Waals surface area contributed by atoms with Gasteiger partial charge in [0.1, 0.15) is 5.75 Å². The van der Waals surface area contributed by atoms with Crippen LogP contribution in [0, 0.1) is 5.92 Å². The molecule has 3 amide bonds. The van der Waals surface area contributed by atoms with E-state index in [1.54, 1.807) is 12.5 Å². The third-order valence-electron chi connectivity index (χ3n) is 4.10. The molecule has 1 aliphatic rings. The van der Waals surface area contributed by atoms with Crippen LogP contribution in [0.1, 0.15) is 11.3 Å². The summed E-state index contributed by atoms with van der Waals surface area (Å²) in [5, 5.41) is 7.65. The number of hydrogen-bond acceptors (Lipinski definition) is 6. The van der Waals surface area contributed by atoms with Crippen LogP contribution < -0.4 is 15.4 Å². The Hall–Kier alpha value is -3.33. The van der Waals surface area contributed by atoms with Crippen LogP contribution in [-0.2, 0) is 27.2 Å². The zero-order chi connectivity index (χ0) is 20.6. The number of nitrogens with zero attached hydrogens (tertiary/aromatic N) is 2. The second-order valence-corrected chi connectivity index (χ2v) is 7.12. The van der Waals surface area contributed by atoms with E-state index >= 15 is 0 Å². The minimum Gasteiger partial charge on any atom is -0.497 e. The molecule has 150 valence electrons. The minimum atomic E-state index is -0.611. The molecule has 1 aliphatic heterocycles. The number of aromatic nitrogens is 1. The molecular formula is C20H20N4O4S. The minimum absolute atomic E-state index is 0.129. The van der Waals surface area contributed by atoms with E-state index in [1.807, 2.05) is 24.3 Å². The fourth-order valence-corrected chi connectivity index (χ4v) is 3.34. The lowest BCUT2D eigenvalue weighted by molar-refractivity contribution is -0.120. The molecule has 1 atom stereocenters. The third-order valence-corrected chi connectivity index (χ3v) is 4.91. The number of thiazole rings is 1. The van der Waals surface area contributed by atoms with Gasteiger partial charge in [0.25, 0.3) is 5.91 Å². The summed E-state index contributed by atoms with van der Waals surface area (Å²) < 4.78 is 5.18. The van der Waals surface area contributed by atoms with Gasteiger partial charge in [-0.2, -0.15) is 0 Å². The molecular weight excluding hydrogens is 392 g/mol. The number of ether oxygens (including phenoxy) is 1. The number of nitrogens with one attached hydrogen (secondary N) is 2. The Bertz CT molecular complexity index is 951. The van der Waals surface area contributed by atoms with Gasteiger partial charge < -0.3 is 15.4 Å². The van der Waals surface area contributed by atoms with E-state index in [0.29, 0.717) is 23.8 Å². The van der Waals surface area contributed by atoms with E-state index in [4.69, 9.17) is 4.74 Å². The fourth-order valence-electron chi connectivity index (χ4n) is 2.62. The van der Waals surface area contributed by atoms with Crippen LogP contribution >= 0.6 is 11.3 Å². The average Bonchev–Trinajstić information content (AvgIpc) is 3.15. The van der Waals surface area contributed by atoms with E-state index in [2.05, 4.69) is 20.6 Å². The Labute approximate surface area is 171 Å². The highest BCUT2D eigenvalue weighted by molar-refractivity contribution is 7.13. The van der Waals surface area contributed by atoms with E-state index in [9.17, 15) is 14.4 Å². The van der Waals surface area contributed by atoms with Crippen LogP contribution in [0.2, 0.25) is 0 Å². The molecule has 0 aliphatic carbocycles.